The van der Waals surface area contributed by atoms with E-state index in [9.17, 15) is 4.39 Å². The fourth-order valence-corrected chi connectivity index (χ4v) is 1.58. The Bertz CT molecular complexity index is 438. The average molecular weight is 250 g/mol. The fourth-order valence-electron chi connectivity index (χ4n) is 1.58. The summed E-state index contributed by atoms with van der Waals surface area (Å²) in [6, 6.07) is 6.84. The SMILES string of the molecule is COc1ccc(F)c(NCCCC(C)(C)C#N)c1. The fraction of sp³-hybridized carbons (Fsp3) is 0.500. The molecule has 0 aromatic heterocycles. The van der Waals surface area contributed by atoms with Gasteiger partial charge in [0.15, 0.2) is 0 Å². The van der Waals surface area contributed by atoms with Crippen molar-refractivity contribution in [2.24, 2.45) is 5.41 Å². The van der Waals surface area contributed by atoms with Gasteiger partial charge in [-0.2, -0.15) is 5.26 Å². The molecule has 1 aromatic carbocycles. The molecule has 0 aliphatic rings. The number of ether oxygens (including phenoxy) is 1. The van der Waals surface area contributed by atoms with Crippen LogP contribution in [0.5, 0.6) is 5.75 Å². The average Bonchev–Trinajstić information content (AvgIpc) is 2.36. The van der Waals surface area contributed by atoms with Crippen molar-refractivity contribution in [1.82, 2.24) is 0 Å². The van der Waals surface area contributed by atoms with Gasteiger partial charge in [-0.05, 0) is 38.8 Å². The van der Waals surface area contributed by atoms with E-state index in [0.717, 1.165) is 12.8 Å². The van der Waals surface area contributed by atoms with Gasteiger partial charge in [0, 0.05) is 12.6 Å². The number of anilines is 1. The van der Waals surface area contributed by atoms with Crippen LogP contribution >= 0.6 is 0 Å². The van der Waals surface area contributed by atoms with E-state index in [2.05, 4.69) is 11.4 Å². The summed E-state index contributed by atoms with van der Waals surface area (Å²) in [6.07, 6.45) is 1.60. The first-order valence-corrected chi connectivity index (χ1v) is 5.97. The summed E-state index contributed by atoms with van der Waals surface area (Å²) in [5.41, 5.74) is 0.110. The van der Waals surface area contributed by atoms with Crippen molar-refractivity contribution in [2.45, 2.75) is 26.7 Å². The third kappa shape index (κ3) is 4.25. The Morgan fingerprint density at radius 3 is 2.78 bits per heavy atom. The van der Waals surface area contributed by atoms with E-state index < -0.39 is 0 Å². The highest BCUT2D eigenvalue weighted by Gasteiger charge is 2.15. The first-order valence-electron chi connectivity index (χ1n) is 5.97. The van der Waals surface area contributed by atoms with Crippen LogP contribution in [0.15, 0.2) is 18.2 Å². The Hall–Kier alpha value is -1.76. The molecule has 0 fully saturated rings. The van der Waals surface area contributed by atoms with Crippen LogP contribution in [-0.2, 0) is 0 Å². The van der Waals surface area contributed by atoms with E-state index in [-0.39, 0.29) is 11.2 Å². The van der Waals surface area contributed by atoms with Crippen LogP contribution in [0.25, 0.3) is 0 Å². The van der Waals surface area contributed by atoms with Gasteiger partial charge in [-0.1, -0.05) is 0 Å². The molecule has 0 aliphatic carbocycles. The first kappa shape index (κ1) is 14.3. The molecule has 4 heteroatoms. The second kappa shape index (κ2) is 6.25. The van der Waals surface area contributed by atoms with Crippen molar-refractivity contribution in [2.75, 3.05) is 19.0 Å². The van der Waals surface area contributed by atoms with Crippen LogP contribution < -0.4 is 10.1 Å². The van der Waals surface area contributed by atoms with Crippen molar-refractivity contribution in [3.8, 4) is 11.8 Å². The van der Waals surface area contributed by atoms with Gasteiger partial charge in [-0.25, -0.2) is 4.39 Å². The maximum atomic E-state index is 13.5. The van der Waals surface area contributed by atoms with Gasteiger partial charge < -0.3 is 10.1 Å². The maximum Gasteiger partial charge on any atom is 0.146 e. The van der Waals surface area contributed by atoms with Crippen molar-refractivity contribution in [1.29, 1.82) is 5.26 Å². The number of halogens is 1. The Kier molecular flexibility index (Phi) is 4.96. The summed E-state index contributed by atoms with van der Waals surface area (Å²) in [4.78, 5) is 0. The molecule has 0 spiro atoms. The molecule has 0 aliphatic heterocycles. The first-order chi connectivity index (χ1) is 8.48. The molecule has 0 saturated heterocycles. The van der Waals surface area contributed by atoms with E-state index >= 15 is 0 Å². The summed E-state index contributed by atoms with van der Waals surface area (Å²) >= 11 is 0. The Morgan fingerprint density at radius 1 is 1.44 bits per heavy atom. The number of rotatable bonds is 6. The monoisotopic (exact) mass is 250 g/mol. The molecule has 0 saturated carbocycles. The number of benzene rings is 1. The zero-order valence-corrected chi connectivity index (χ0v) is 11.1. The molecule has 0 amide bonds. The smallest absolute Gasteiger partial charge is 0.146 e. The van der Waals surface area contributed by atoms with Crippen LogP contribution in [0.1, 0.15) is 26.7 Å². The third-order valence-corrected chi connectivity index (χ3v) is 2.77. The van der Waals surface area contributed by atoms with Gasteiger partial charge in [0.2, 0.25) is 0 Å². The van der Waals surface area contributed by atoms with E-state index in [0.29, 0.717) is 18.0 Å². The summed E-state index contributed by atoms with van der Waals surface area (Å²) in [7, 11) is 1.55. The lowest BCUT2D eigenvalue weighted by Crippen LogP contribution is -2.11. The lowest BCUT2D eigenvalue weighted by molar-refractivity contribution is 0.414. The molecule has 1 rings (SSSR count). The van der Waals surface area contributed by atoms with E-state index in [1.54, 1.807) is 19.2 Å². The molecule has 0 bridgehead atoms. The van der Waals surface area contributed by atoms with Crippen LogP contribution in [0, 0.1) is 22.6 Å². The molecule has 0 radical (unpaired) electrons. The lowest BCUT2D eigenvalue weighted by Gasteiger charge is -2.15. The molecular formula is C14H19FN2O. The van der Waals surface area contributed by atoms with Gasteiger partial charge >= 0.3 is 0 Å². The molecule has 3 nitrogen and oxygen atoms in total. The van der Waals surface area contributed by atoms with Crippen LogP contribution in [0.4, 0.5) is 10.1 Å². The van der Waals surface area contributed by atoms with Gasteiger partial charge in [0.25, 0.3) is 0 Å². The molecule has 0 atom stereocenters. The van der Waals surface area contributed by atoms with Crippen molar-refractivity contribution >= 4 is 5.69 Å². The van der Waals surface area contributed by atoms with Gasteiger partial charge in [0.05, 0.1) is 24.3 Å². The summed E-state index contributed by atoms with van der Waals surface area (Å²) in [5.74, 6) is 0.326. The van der Waals surface area contributed by atoms with Crippen molar-refractivity contribution in [3.05, 3.63) is 24.0 Å². The predicted octanol–water partition coefficient (Wildman–Crippen LogP) is 3.58. The number of nitriles is 1. The van der Waals surface area contributed by atoms with Crippen LogP contribution in [0.3, 0.4) is 0 Å². The number of hydrogen-bond donors (Lipinski definition) is 1. The molecule has 98 valence electrons. The molecule has 1 aromatic rings. The maximum absolute atomic E-state index is 13.5. The molecule has 18 heavy (non-hydrogen) atoms. The van der Waals surface area contributed by atoms with E-state index in [1.807, 2.05) is 13.8 Å². The minimum Gasteiger partial charge on any atom is -0.497 e. The topological polar surface area (TPSA) is 45.0 Å². The molecular weight excluding hydrogens is 231 g/mol. The highest BCUT2D eigenvalue weighted by Crippen LogP contribution is 2.23. The van der Waals surface area contributed by atoms with Crippen LogP contribution in [-0.4, -0.2) is 13.7 Å². The second-order valence-corrected chi connectivity index (χ2v) is 4.87. The zero-order chi connectivity index (χ0) is 13.6. The number of nitrogens with one attached hydrogen (secondary N) is 1. The van der Waals surface area contributed by atoms with Gasteiger partial charge in [-0.3, -0.25) is 0 Å². The number of hydrogen-bond acceptors (Lipinski definition) is 3. The van der Waals surface area contributed by atoms with Crippen LogP contribution in [0.2, 0.25) is 0 Å². The molecule has 0 heterocycles. The van der Waals surface area contributed by atoms with E-state index in [1.165, 1.54) is 6.07 Å². The standard InChI is InChI=1S/C14H19FN2O/c1-14(2,10-16)7-4-8-17-13-9-11(18-3)5-6-12(13)15/h5-6,9,17H,4,7-8H2,1-3H3. The predicted molar refractivity (Wildman–Crippen MR) is 70.1 cm³/mol. The van der Waals surface area contributed by atoms with Gasteiger partial charge in [-0.15, -0.1) is 0 Å². The highest BCUT2D eigenvalue weighted by atomic mass is 19.1. The summed E-state index contributed by atoms with van der Waals surface area (Å²) in [6.45, 7) is 4.44. The summed E-state index contributed by atoms with van der Waals surface area (Å²) < 4.78 is 18.5. The lowest BCUT2D eigenvalue weighted by atomic mass is 9.90. The second-order valence-electron chi connectivity index (χ2n) is 4.87. The Morgan fingerprint density at radius 2 is 2.17 bits per heavy atom. The largest absolute Gasteiger partial charge is 0.497 e. The van der Waals surface area contributed by atoms with Crippen molar-refractivity contribution in [3.63, 3.8) is 0 Å². The third-order valence-electron chi connectivity index (χ3n) is 2.77. The van der Waals surface area contributed by atoms with Gasteiger partial charge in [0.1, 0.15) is 11.6 Å². The molecule has 1 N–H and O–H groups in total. The van der Waals surface area contributed by atoms with E-state index in [4.69, 9.17) is 10.00 Å². The minimum atomic E-state index is -0.325. The number of nitrogens with zero attached hydrogens (tertiary/aromatic N) is 1. The highest BCUT2D eigenvalue weighted by molar-refractivity contribution is 5.49. The Labute approximate surface area is 108 Å². The quantitative estimate of drug-likeness (QED) is 0.785. The Balaban J connectivity index is 2.47. The normalized spacial score (nSPS) is 10.8. The zero-order valence-electron chi connectivity index (χ0n) is 11.1. The molecule has 0 unspecified atom stereocenters. The van der Waals surface area contributed by atoms with Crippen molar-refractivity contribution < 1.29 is 9.13 Å². The number of methoxy groups -OCH3 is 1. The minimum absolute atomic E-state index is 0.296. The summed E-state index contributed by atoms with van der Waals surface area (Å²) in [5, 5.41) is 11.9.